The average molecular weight is 218 g/mol. The van der Waals surface area contributed by atoms with Gasteiger partial charge < -0.3 is 9.52 Å². The zero-order chi connectivity index (χ0) is 11.5. The third-order valence-electron chi connectivity index (χ3n) is 2.29. The number of hydrogen-bond donors (Lipinski definition) is 1. The minimum atomic E-state index is -1.21. The van der Waals surface area contributed by atoms with E-state index in [1.807, 2.05) is 37.3 Å². The van der Waals surface area contributed by atoms with Crippen molar-refractivity contribution in [1.82, 2.24) is 10.2 Å². The Morgan fingerprint density at radius 1 is 1.31 bits per heavy atom. The van der Waals surface area contributed by atoms with Crippen molar-refractivity contribution in [2.75, 3.05) is 0 Å². The second kappa shape index (κ2) is 4.14. The van der Waals surface area contributed by atoms with Crippen molar-refractivity contribution in [3.8, 4) is 0 Å². The van der Waals surface area contributed by atoms with E-state index in [0.29, 0.717) is 5.89 Å². The van der Waals surface area contributed by atoms with E-state index in [4.69, 9.17) is 9.52 Å². The van der Waals surface area contributed by atoms with Gasteiger partial charge in [-0.25, -0.2) is 4.79 Å². The molecule has 0 aliphatic carbocycles. The van der Waals surface area contributed by atoms with Crippen LogP contribution in [-0.4, -0.2) is 21.3 Å². The highest BCUT2D eigenvalue weighted by atomic mass is 16.4. The summed E-state index contributed by atoms with van der Waals surface area (Å²) in [5.41, 5.74) is 1.00. The third-order valence-corrected chi connectivity index (χ3v) is 2.29. The maximum atomic E-state index is 10.6. The molecule has 1 heterocycles. The van der Waals surface area contributed by atoms with Gasteiger partial charge in [0, 0.05) is 0 Å². The van der Waals surface area contributed by atoms with E-state index in [1.165, 1.54) is 0 Å². The zero-order valence-electron chi connectivity index (χ0n) is 8.62. The number of rotatable bonds is 3. The van der Waals surface area contributed by atoms with Gasteiger partial charge in [0.25, 0.3) is 0 Å². The highest BCUT2D eigenvalue weighted by Crippen LogP contribution is 2.22. The Morgan fingerprint density at radius 3 is 2.56 bits per heavy atom. The highest BCUT2D eigenvalue weighted by Gasteiger charge is 2.18. The van der Waals surface area contributed by atoms with E-state index in [-0.39, 0.29) is 11.8 Å². The summed E-state index contributed by atoms with van der Waals surface area (Å²) in [6, 6.07) is 9.57. The molecule has 0 saturated heterocycles. The standard InChI is InChI=1S/C11H10N2O3/c1-7(8-5-3-2-4-6-8)9-12-13-10(16-9)11(14)15/h2-7H,1H3,(H,14,15). The zero-order valence-corrected chi connectivity index (χ0v) is 8.62. The van der Waals surface area contributed by atoms with Crippen molar-refractivity contribution in [3.63, 3.8) is 0 Å². The number of aromatic nitrogens is 2. The molecule has 0 aliphatic rings. The Hall–Kier alpha value is -2.17. The van der Waals surface area contributed by atoms with E-state index >= 15 is 0 Å². The van der Waals surface area contributed by atoms with Crippen LogP contribution < -0.4 is 0 Å². The van der Waals surface area contributed by atoms with Crippen molar-refractivity contribution in [3.05, 3.63) is 47.7 Å². The summed E-state index contributed by atoms with van der Waals surface area (Å²) in [6.45, 7) is 1.88. The van der Waals surface area contributed by atoms with Gasteiger partial charge in [-0.3, -0.25) is 0 Å². The lowest BCUT2D eigenvalue weighted by atomic mass is 10.0. The first-order valence-corrected chi connectivity index (χ1v) is 4.80. The van der Waals surface area contributed by atoms with E-state index in [0.717, 1.165) is 5.56 Å². The van der Waals surface area contributed by atoms with E-state index in [1.54, 1.807) is 0 Å². The van der Waals surface area contributed by atoms with Crippen LogP contribution in [0.3, 0.4) is 0 Å². The SMILES string of the molecule is CC(c1ccccc1)c1nnc(C(=O)O)o1. The fraction of sp³-hybridized carbons (Fsp3) is 0.182. The molecule has 0 spiro atoms. The van der Waals surface area contributed by atoms with Gasteiger partial charge in [-0.1, -0.05) is 30.3 Å². The predicted octanol–water partition coefficient (Wildman–Crippen LogP) is 1.92. The van der Waals surface area contributed by atoms with E-state index < -0.39 is 5.97 Å². The van der Waals surface area contributed by atoms with Crippen molar-refractivity contribution >= 4 is 5.97 Å². The summed E-state index contributed by atoms with van der Waals surface area (Å²) in [5.74, 6) is -1.39. The Kier molecular flexibility index (Phi) is 2.68. The molecule has 0 radical (unpaired) electrons. The number of benzene rings is 1. The Labute approximate surface area is 91.7 Å². The van der Waals surface area contributed by atoms with E-state index in [9.17, 15) is 4.79 Å². The molecular formula is C11H10N2O3. The second-order valence-electron chi connectivity index (χ2n) is 3.38. The molecule has 5 nitrogen and oxygen atoms in total. The van der Waals surface area contributed by atoms with Gasteiger partial charge in [-0.15, -0.1) is 10.2 Å². The molecule has 1 atom stereocenters. The maximum absolute atomic E-state index is 10.6. The van der Waals surface area contributed by atoms with Crippen LogP contribution in [0.25, 0.3) is 0 Å². The first kappa shape index (κ1) is 10.4. The molecular weight excluding hydrogens is 208 g/mol. The van der Waals surface area contributed by atoms with Gasteiger partial charge in [0.05, 0.1) is 5.92 Å². The lowest BCUT2D eigenvalue weighted by molar-refractivity contribution is 0.0651. The van der Waals surface area contributed by atoms with Crippen LogP contribution >= 0.6 is 0 Å². The summed E-state index contributed by atoms with van der Waals surface area (Å²) >= 11 is 0. The molecule has 5 heteroatoms. The summed E-state index contributed by atoms with van der Waals surface area (Å²) < 4.78 is 5.04. The van der Waals surface area contributed by atoms with Gasteiger partial charge in [0.1, 0.15) is 0 Å². The van der Waals surface area contributed by atoms with E-state index in [2.05, 4.69) is 10.2 Å². The van der Waals surface area contributed by atoms with Gasteiger partial charge in [0.15, 0.2) is 0 Å². The average Bonchev–Trinajstić information content (AvgIpc) is 2.78. The largest absolute Gasteiger partial charge is 0.474 e. The molecule has 1 aromatic heterocycles. The molecule has 2 rings (SSSR count). The highest BCUT2D eigenvalue weighted by molar-refractivity contribution is 5.81. The number of hydrogen-bond acceptors (Lipinski definition) is 4. The summed E-state index contributed by atoms with van der Waals surface area (Å²) in [5, 5.41) is 15.8. The Morgan fingerprint density at radius 2 is 2.00 bits per heavy atom. The number of carboxylic acid groups (broad SMARTS) is 1. The number of carbonyl (C=O) groups is 1. The van der Waals surface area contributed by atoms with Crippen LogP contribution in [-0.2, 0) is 0 Å². The van der Waals surface area contributed by atoms with Crippen LogP contribution in [0.15, 0.2) is 34.7 Å². The molecule has 0 fully saturated rings. The van der Waals surface area contributed by atoms with Gasteiger partial charge in [-0.05, 0) is 12.5 Å². The maximum Gasteiger partial charge on any atom is 0.393 e. The second-order valence-corrected chi connectivity index (χ2v) is 3.38. The molecule has 0 bridgehead atoms. The van der Waals surface area contributed by atoms with Gasteiger partial charge >= 0.3 is 11.9 Å². The number of carboxylic acids is 1. The topological polar surface area (TPSA) is 76.2 Å². The summed E-state index contributed by atoms with van der Waals surface area (Å²) in [7, 11) is 0. The first-order chi connectivity index (χ1) is 7.68. The molecule has 1 N–H and O–H groups in total. The van der Waals surface area contributed by atoms with Gasteiger partial charge in [0.2, 0.25) is 5.89 Å². The van der Waals surface area contributed by atoms with Gasteiger partial charge in [-0.2, -0.15) is 0 Å². The van der Waals surface area contributed by atoms with Crippen LogP contribution in [0.4, 0.5) is 0 Å². The molecule has 0 saturated carbocycles. The Bertz CT molecular complexity index is 493. The summed E-state index contributed by atoms with van der Waals surface area (Å²) in [4.78, 5) is 10.6. The van der Waals surface area contributed by atoms with Crippen molar-refractivity contribution < 1.29 is 14.3 Å². The Balaban J connectivity index is 2.27. The van der Waals surface area contributed by atoms with Crippen LogP contribution in [0.1, 0.15) is 35.0 Å². The number of nitrogens with zero attached hydrogens (tertiary/aromatic N) is 2. The summed E-state index contributed by atoms with van der Waals surface area (Å²) in [6.07, 6.45) is 0. The predicted molar refractivity (Wildman–Crippen MR) is 55.2 cm³/mol. The molecule has 1 aromatic carbocycles. The third kappa shape index (κ3) is 1.93. The molecule has 1 unspecified atom stereocenters. The molecule has 0 amide bonds. The lowest BCUT2D eigenvalue weighted by Gasteiger charge is -2.05. The first-order valence-electron chi connectivity index (χ1n) is 4.80. The van der Waals surface area contributed by atoms with Crippen molar-refractivity contribution in [2.24, 2.45) is 0 Å². The normalized spacial score (nSPS) is 12.3. The minimum absolute atomic E-state index is 0.109. The molecule has 82 valence electrons. The van der Waals surface area contributed by atoms with Crippen LogP contribution in [0.5, 0.6) is 0 Å². The lowest BCUT2D eigenvalue weighted by Crippen LogP contribution is -1.96. The van der Waals surface area contributed by atoms with Crippen LogP contribution in [0.2, 0.25) is 0 Å². The molecule has 0 aliphatic heterocycles. The smallest absolute Gasteiger partial charge is 0.393 e. The fourth-order valence-corrected chi connectivity index (χ4v) is 1.38. The van der Waals surface area contributed by atoms with Crippen LogP contribution in [0, 0.1) is 0 Å². The fourth-order valence-electron chi connectivity index (χ4n) is 1.38. The molecule has 2 aromatic rings. The quantitative estimate of drug-likeness (QED) is 0.851. The van der Waals surface area contributed by atoms with Crippen molar-refractivity contribution in [2.45, 2.75) is 12.8 Å². The minimum Gasteiger partial charge on any atom is -0.474 e. The number of aromatic carboxylic acids is 1. The monoisotopic (exact) mass is 218 g/mol. The van der Waals surface area contributed by atoms with Crippen molar-refractivity contribution in [1.29, 1.82) is 0 Å². The molecule has 16 heavy (non-hydrogen) atoms.